The van der Waals surface area contributed by atoms with Gasteiger partial charge in [0.05, 0.1) is 10.4 Å². The first-order chi connectivity index (χ1) is 10.2. The van der Waals surface area contributed by atoms with Crippen LogP contribution in [-0.2, 0) is 0 Å². The molecule has 3 nitrogen and oxygen atoms in total. The van der Waals surface area contributed by atoms with E-state index in [0.717, 1.165) is 27.3 Å². The molecule has 2 aliphatic rings. The maximum absolute atomic E-state index is 11.7. The molecule has 0 saturated heterocycles. The highest BCUT2D eigenvalue weighted by molar-refractivity contribution is 7.13. The average Bonchev–Trinajstić information content (AvgIpc) is 2.85. The highest BCUT2D eigenvalue weighted by Gasteiger charge is 2.16. The first-order valence-corrected chi connectivity index (χ1v) is 7.52. The van der Waals surface area contributed by atoms with Gasteiger partial charge in [-0.3, -0.25) is 9.36 Å². The molecule has 0 saturated carbocycles. The molecule has 0 radical (unpaired) electrons. The van der Waals surface area contributed by atoms with Gasteiger partial charge in [0.2, 0.25) is 0 Å². The van der Waals surface area contributed by atoms with Crippen LogP contribution in [0, 0.1) is 6.92 Å². The van der Waals surface area contributed by atoms with Crippen LogP contribution in [0.1, 0.15) is 5.56 Å². The van der Waals surface area contributed by atoms with Crippen LogP contribution in [0.5, 0.6) is 0 Å². The summed E-state index contributed by atoms with van der Waals surface area (Å²) in [5, 5.41) is 1.11. The summed E-state index contributed by atoms with van der Waals surface area (Å²) in [5.41, 5.74) is 3.28. The lowest BCUT2D eigenvalue weighted by Crippen LogP contribution is -2.04. The van der Waals surface area contributed by atoms with Crippen molar-refractivity contribution in [1.29, 1.82) is 0 Å². The van der Waals surface area contributed by atoms with Gasteiger partial charge >= 0.3 is 4.87 Å². The van der Waals surface area contributed by atoms with Crippen molar-refractivity contribution in [3.05, 3.63) is 69.8 Å². The van der Waals surface area contributed by atoms with Crippen LogP contribution in [-0.4, -0.2) is 9.55 Å². The normalized spacial score (nSPS) is 11.3. The molecular formula is C17H12N2OS. The zero-order chi connectivity index (χ0) is 14.4. The van der Waals surface area contributed by atoms with Crippen molar-refractivity contribution in [2.24, 2.45) is 0 Å². The zero-order valence-corrected chi connectivity index (χ0v) is 12.2. The van der Waals surface area contributed by atoms with Crippen molar-refractivity contribution in [2.45, 2.75) is 6.92 Å². The maximum atomic E-state index is 11.7. The van der Waals surface area contributed by atoms with Crippen LogP contribution in [0.2, 0.25) is 0 Å². The topological polar surface area (TPSA) is 34.9 Å². The third kappa shape index (κ3) is 1.96. The SMILES string of the molecule is Cc1ccc(-n2c3nc(=O)sc-3cc3ccccc32)cc1. The number of aryl methyl sites for hydroxylation is 1. The maximum Gasteiger partial charge on any atom is 0.329 e. The standard InChI is InChI=1S/C17H12N2OS/c1-11-6-8-13(9-7-11)19-14-5-3-2-4-12(14)10-15-16(19)18-17(20)21-15/h2-10H,1H3. The summed E-state index contributed by atoms with van der Waals surface area (Å²) >= 11 is 1.19. The van der Waals surface area contributed by atoms with Gasteiger partial charge in [-0.05, 0) is 31.2 Å². The number of nitrogens with zero attached hydrogens (tertiary/aromatic N) is 2. The van der Waals surface area contributed by atoms with E-state index >= 15 is 0 Å². The molecular weight excluding hydrogens is 280 g/mol. The van der Waals surface area contributed by atoms with Crippen LogP contribution in [0.3, 0.4) is 0 Å². The Hall–Kier alpha value is -2.46. The van der Waals surface area contributed by atoms with Crippen LogP contribution >= 0.6 is 11.3 Å². The minimum atomic E-state index is -0.152. The van der Waals surface area contributed by atoms with Crippen molar-refractivity contribution in [1.82, 2.24) is 9.55 Å². The summed E-state index contributed by atoms with van der Waals surface area (Å²) in [6.07, 6.45) is 0. The molecule has 21 heavy (non-hydrogen) atoms. The average molecular weight is 292 g/mol. The van der Waals surface area contributed by atoms with E-state index in [1.807, 2.05) is 18.2 Å². The number of para-hydroxylation sites is 1. The van der Waals surface area contributed by atoms with Crippen LogP contribution in [0.4, 0.5) is 0 Å². The number of thiazole rings is 1. The van der Waals surface area contributed by atoms with Crippen molar-refractivity contribution in [3.63, 3.8) is 0 Å². The van der Waals surface area contributed by atoms with Crippen molar-refractivity contribution < 1.29 is 0 Å². The molecule has 0 fully saturated rings. The van der Waals surface area contributed by atoms with E-state index in [2.05, 4.69) is 52.9 Å². The fourth-order valence-corrected chi connectivity index (χ4v) is 3.32. The lowest BCUT2D eigenvalue weighted by molar-refractivity contribution is 1.06. The lowest BCUT2D eigenvalue weighted by Gasteiger charge is -2.15. The minimum Gasteiger partial charge on any atom is -0.293 e. The van der Waals surface area contributed by atoms with Gasteiger partial charge in [0, 0.05) is 11.1 Å². The monoisotopic (exact) mass is 292 g/mol. The highest BCUT2D eigenvalue weighted by Crippen LogP contribution is 2.31. The van der Waals surface area contributed by atoms with E-state index in [-0.39, 0.29) is 4.87 Å². The Morgan fingerprint density at radius 3 is 2.62 bits per heavy atom. The Bertz CT molecular complexity index is 966. The fourth-order valence-electron chi connectivity index (χ4n) is 2.58. The number of pyridine rings is 1. The molecule has 2 aliphatic heterocycles. The fraction of sp³-hybridized carbons (Fsp3) is 0.0588. The molecule has 0 spiro atoms. The molecule has 2 aromatic rings. The predicted octanol–water partition coefficient (Wildman–Crippen LogP) is 3.86. The summed E-state index contributed by atoms with van der Waals surface area (Å²) in [4.78, 5) is 16.7. The summed E-state index contributed by atoms with van der Waals surface area (Å²) in [6.45, 7) is 2.06. The summed E-state index contributed by atoms with van der Waals surface area (Å²) in [7, 11) is 0. The van der Waals surface area contributed by atoms with Gasteiger partial charge in [-0.2, -0.15) is 4.98 Å². The molecule has 102 valence electrons. The molecule has 0 atom stereocenters. The van der Waals surface area contributed by atoms with E-state index in [1.165, 1.54) is 16.9 Å². The molecule has 2 aromatic carbocycles. The summed E-state index contributed by atoms with van der Waals surface area (Å²) < 4.78 is 2.06. The molecule has 0 unspecified atom stereocenters. The molecule has 2 heterocycles. The van der Waals surface area contributed by atoms with Crippen molar-refractivity contribution in [3.8, 4) is 16.4 Å². The van der Waals surface area contributed by atoms with Crippen LogP contribution in [0.15, 0.2) is 59.4 Å². The van der Waals surface area contributed by atoms with Crippen LogP contribution < -0.4 is 4.87 Å². The Balaban J connectivity index is 2.17. The van der Waals surface area contributed by atoms with Gasteiger partial charge in [0.25, 0.3) is 0 Å². The Morgan fingerprint density at radius 2 is 1.81 bits per heavy atom. The predicted molar refractivity (Wildman–Crippen MR) is 86.6 cm³/mol. The summed E-state index contributed by atoms with van der Waals surface area (Å²) in [5.74, 6) is 0.729. The number of rotatable bonds is 1. The van der Waals surface area contributed by atoms with Gasteiger partial charge < -0.3 is 0 Å². The smallest absolute Gasteiger partial charge is 0.293 e. The Kier molecular flexibility index (Phi) is 2.65. The van der Waals surface area contributed by atoms with Gasteiger partial charge in [0.15, 0.2) is 5.82 Å². The quantitative estimate of drug-likeness (QED) is 0.534. The van der Waals surface area contributed by atoms with Gasteiger partial charge in [-0.15, -0.1) is 0 Å². The number of fused-ring (bicyclic) bond motifs is 2. The third-order valence-corrected chi connectivity index (χ3v) is 4.37. The van der Waals surface area contributed by atoms with Gasteiger partial charge in [0.1, 0.15) is 0 Å². The first kappa shape index (κ1) is 12.3. The molecule has 0 amide bonds. The molecule has 0 N–H and O–H groups in total. The summed E-state index contributed by atoms with van der Waals surface area (Å²) in [6, 6.07) is 18.4. The number of hydrogen-bond acceptors (Lipinski definition) is 3. The second kappa shape index (κ2) is 4.53. The van der Waals surface area contributed by atoms with E-state index in [0.29, 0.717) is 0 Å². The lowest BCUT2D eigenvalue weighted by atomic mass is 10.1. The first-order valence-electron chi connectivity index (χ1n) is 6.71. The largest absolute Gasteiger partial charge is 0.329 e. The Labute approximate surface area is 125 Å². The van der Waals surface area contributed by atoms with Crippen molar-refractivity contribution in [2.75, 3.05) is 0 Å². The van der Waals surface area contributed by atoms with Gasteiger partial charge in [-0.1, -0.05) is 47.2 Å². The van der Waals surface area contributed by atoms with E-state index < -0.39 is 0 Å². The minimum absolute atomic E-state index is 0.152. The number of aromatic nitrogens is 2. The molecule has 0 aromatic heterocycles. The van der Waals surface area contributed by atoms with Gasteiger partial charge in [-0.25, -0.2) is 0 Å². The second-order valence-corrected chi connectivity index (χ2v) is 6.03. The van der Waals surface area contributed by atoms with E-state index in [4.69, 9.17) is 0 Å². The molecule has 0 aliphatic carbocycles. The Morgan fingerprint density at radius 1 is 1.05 bits per heavy atom. The zero-order valence-electron chi connectivity index (χ0n) is 11.4. The molecule has 4 rings (SSSR count). The van der Waals surface area contributed by atoms with E-state index in [9.17, 15) is 4.79 Å². The van der Waals surface area contributed by atoms with Crippen molar-refractivity contribution >= 4 is 22.2 Å². The molecule has 4 heteroatoms. The molecule has 0 bridgehead atoms. The third-order valence-electron chi connectivity index (χ3n) is 3.58. The van der Waals surface area contributed by atoms with E-state index in [1.54, 1.807) is 0 Å². The second-order valence-electron chi connectivity index (χ2n) is 5.04. The highest BCUT2D eigenvalue weighted by atomic mass is 32.1. The number of benzene rings is 2. The van der Waals surface area contributed by atoms with Crippen LogP contribution in [0.25, 0.3) is 27.3 Å². The number of hydrogen-bond donors (Lipinski definition) is 0.